The lowest BCUT2D eigenvalue weighted by atomic mass is 9.83. The first-order chi connectivity index (χ1) is 20.6. The fourth-order valence-electron chi connectivity index (χ4n) is 5.82. The molecular formula is C32H42N2O9. The largest absolute Gasteiger partial charge is 0.534 e. The van der Waals surface area contributed by atoms with E-state index >= 15 is 0 Å². The smallest absolute Gasteiger partial charge is 0.492 e. The molecule has 1 aromatic heterocycles. The van der Waals surface area contributed by atoms with Gasteiger partial charge in [-0.25, -0.2) is 9.59 Å². The van der Waals surface area contributed by atoms with Crippen molar-refractivity contribution in [3.05, 3.63) is 48.0 Å². The molecule has 2 aliphatic rings. The molecule has 2 aromatic rings. The molecule has 0 spiro atoms. The van der Waals surface area contributed by atoms with Crippen molar-refractivity contribution < 1.29 is 43.7 Å². The number of benzene rings is 1. The van der Waals surface area contributed by atoms with Gasteiger partial charge < -0.3 is 24.6 Å². The van der Waals surface area contributed by atoms with Crippen LogP contribution in [0, 0.1) is 11.3 Å². The Morgan fingerprint density at radius 1 is 0.907 bits per heavy atom. The number of nitrogens with zero attached hydrogens (tertiary/aromatic N) is 2. The Bertz CT molecular complexity index is 1250. The number of piperidine rings is 1. The zero-order chi connectivity index (χ0) is 31.0. The molecule has 2 fully saturated rings. The number of rotatable bonds is 11. The summed E-state index contributed by atoms with van der Waals surface area (Å²) in [5, 5.41) is 19.2. The quantitative estimate of drug-likeness (QED) is 0.281. The summed E-state index contributed by atoms with van der Waals surface area (Å²) in [4.78, 5) is 58.6. The number of carbonyl (C=O) groups is 4. The van der Waals surface area contributed by atoms with Crippen LogP contribution in [-0.4, -0.2) is 69.0 Å². The highest BCUT2D eigenvalue weighted by molar-refractivity contribution is 6.38. The predicted molar refractivity (Wildman–Crippen MR) is 155 cm³/mol. The number of likely N-dealkylation sites (tertiary alicyclic amines) is 1. The molecule has 43 heavy (non-hydrogen) atoms. The number of esters is 1. The maximum absolute atomic E-state index is 13.6. The molecule has 0 radical (unpaired) electrons. The zero-order valence-electron chi connectivity index (χ0n) is 24.9. The number of hydrogen-bond acceptors (Lipinski definition) is 9. The summed E-state index contributed by atoms with van der Waals surface area (Å²) in [5.74, 6) is -2.93. The van der Waals surface area contributed by atoms with Crippen molar-refractivity contribution in [1.82, 2.24) is 9.63 Å². The van der Waals surface area contributed by atoms with Gasteiger partial charge in [0.1, 0.15) is 18.8 Å². The van der Waals surface area contributed by atoms with E-state index in [0.29, 0.717) is 24.0 Å². The van der Waals surface area contributed by atoms with E-state index in [1.165, 1.54) is 30.7 Å². The number of Topliss-reactive ketones (excluding diaryl/α,β-unsaturated/α-hetero) is 1. The third kappa shape index (κ3) is 8.30. The average Bonchev–Trinajstić information content (AvgIpc) is 3.34. The van der Waals surface area contributed by atoms with Crippen LogP contribution in [0.1, 0.15) is 77.2 Å². The van der Waals surface area contributed by atoms with Crippen LogP contribution in [0.2, 0.25) is 0 Å². The second-order valence-electron chi connectivity index (χ2n) is 12.1. The zero-order valence-corrected chi connectivity index (χ0v) is 24.9. The van der Waals surface area contributed by atoms with E-state index in [1.54, 1.807) is 0 Å². The summed E-state index contributed by atoms with van der Waals surface area (Å²) in [6, 6.07) is 11.4. The van der Waals surface area contributed by atoms with Gasteiger partial charge in [0, 0.05) is 18.7 Å². The number of aromatic nitrogens is 1. The summed E-state index contributed by atoms with van der Waals surface area (Å²) in [7, 11) is 0. The molecule has 1 amide bonds. The van der Waals surface area contributed by atoms with Gasteiger partial charge in [0.25, 0.3) is 5.91 Å². The topological polar surface area (TPSA) is 145 Å². The average molecular weight is 599 g/mol. The molecule has 1 aliphatic heterocycles. The van der Waals surface area contributed by atoms with Crippen LogP contribution < -0.4 is 4.84 Å². The summed E-state index contributed by atoms with van der Waals surface area (Å²) < 4.78 is 11.6. The van der Waals surface area contributed by atoms with Gasteiger partial charge in [0.2, 0.25) is 17.5 Å². The number of aromatic hydroxyl groups is 2. The van der Waals surface area contributed by atoms with Gasteiger partial charge in [0.15, 0.2) is 0 Å². The Balaban J connectivity index is 1.38. The maximum atomic E-state index is 13.6. The summed E-state index contributed by atoms with van der Waals surface area (Å²) in [6.07, 6.45) is 7.08. The van der Waals surface area contributed by atoms with Crippen LogP contribution in [0.25, 0.3) is 0 Å². The van der Waals surface area contributed by atoms with Gasteiger partial charge in [-0.15, -0.1) is 4.73 Å². The number of amides is 1. The molecule has 2 N–H and O–H groups in total. The van der Waals surface area contributed by atoms with Gasteiger partial charge in [-0.1, -0.05) is 49.6 Å². The van der Waals surface area contributed by atoms with Crippen LogP contribution in [0.3, 0.4) is 0 Å². The second-order valence-corrected chi connectivity index (χ2v) is 12.1. The first-order valence-corrected chi connectivity index (χ1v) is 15.1. The van der Waals surface area contributed by atoms with Gasteiger partial charge >= 0.3 is 12.1 Å². The van der Waals surface area contributed by atoms with E-state index in [9.17, 15) is 29.4 Å². The Labute approximate surface area is 251 Å². The fourth-order valence-corrected chi connectivity index (χ4v) is 5.82. The third-order valence-corrected chi connectivity index (χ3v) is 8.36. The van der Waals surface area contributed by atoms with Crippen molar-refractivity contribution in [2.45, 2.75) is 90.2 Å². The van der Waals surface area contributed by atoms with Crippen LogP contribution in [-0.2, 0) is 30.3 Å². The minimum Gasteiger partial charge on any atom is -0.492 e. The monoisotopic (exact) mass is 598 g/mol. The Morgan fingerprint density at radius 3 is 2.23 bits per heavy atom. The molecule has 1 saturated carbocycles. The van der Waals surface area contributed by atoms with Crippen LogP contribution in [0.4, 0.5) is 4.79 Å². The normalized spacial score (nSPS) is 18.5. The van der Waals surface area contributed by atoms with Crippen molar-refractivity contribution in [1.29, 1.82) is 0 Å². The van der Waals surface area contributed by atoms with Crippen molar-refractivity contribution in [3.63, 3.8) is 0 Å². The molecule has 1 aromatic carbocycles. The molecule has 2 heterocycles. The molecule has 1 saturated heterocycles. The van der Waals surface area contributed by atoms with Crippen LogP contribution in [0.5, 0.6) is 11.8 Å². The molecule has 11 nitrogen and oxygen atoms in total. The van der Waals surface area contributed by atoms with E-state index in [1.807, 2.05) is 18.2 Å². The highest BCUT2D eigenvalue weighted by Crippen LogP contribution is 2.32. The minimum atomic E-state index is -1.44. The number of ketones is 1. The van der Waals surface area contributed by atoms with E-state index in [2.05, 4.69) is 12.1 Å². The Hall–Kier alpha value is -4.02. The standard InChI is InChI=1S/C32H42N2O9/c1-32(2,21-41-31(40)43-34-26(35)18-19-27(34)36)28(37)29(38)33-20-10-9-15-24(33)30(39)42-25(23-13-7-4-8-14-23)17-16-22-11-5-3-6-12-22/h3,5-6,11-12,18-19,23-25,35-36H,4,7-10,13-17,20-21H2,1-2H3. The molecular weight excluding hydrogens is 556 g/mol. The van der Waals surface area contributed by atoms with Crippen molar-refractivity contribution in [2.24, 2.45) is 11.3 Å². The molecule has 11 heteroatoms. The van der Waals surface area contributed by atoms with Crippen LogP contribution >= 0.6 is 0 Å². The summed E-state index contributed by atoms with van der Waals surface area (Å²) >= 11 is 0. The molecule has 4 rings (SSSR count). The molecule has 0 bridgehead atoms. The highest BCUT2D eigenvalue weighted by atomic mass is 16.8. The van der Waals surface area contributed by atoms with Crippen LogP contribution in [0.15, 0.2) is 42.5 Å². The number of hydrogen-bond donors (Lipinski definition) is 2. The first-order valence-electron chi connectivity index (χ1n) is 15.1. The highest BCUT2D eigenvalue weighted by Gasteiger charge is 2.43. The summed E-state index contributed by atoms with van der Waals surface area (Å²) in [5.41, 5.74) is -0.266. The summed E-state index contributed by atoms with van der Waals surface area (Å²) in [6.45, 7) is 2.63. The van der Waals surface area contributed by atoms with Gasteiger partial charge in [0.05, 0.1) is 5.41 Å². The molecule has 2 unspecified atom stereocenters. The van der Waals surface area contributed by atoms with E-state index < -0.39 is 53.6 Å². The third-order valence-electron chi connectivity index (χ3n) is 8.36. The van der Waals surface area contributed by atoms with E-state index in [-0.39, 0.29) is 18.6 Å². The SMILES string of the molecule is CC(C)(COC(=O)On1c(O)ccc1O)C(=O)C(=O)N1CCCCC1C(=O)OC(CCc1ccccc1)C1CCCCC1. The molecule has 2 atom stereocenters. The van der Waals surface area contributed by atoms with E-state index in [0.717, 1.165) is 50.7 Å². The lowest BCUT2D eigenvalue weighted by molar-refractivity contribution is -0.167. The Kier molecular flexibility index (Phi) is 10.7. The second kappa shape index (κ2) is 14.4. The number of ether oxygens (including phenoxy) is 2. The predicted octanol–water partition coefficient (Wildman–Crippen LogP) is 4.57. The maximum Gasteiger partial charge on any atom is 0.534 e. The van der Waals surface area contributed by atoms with E-state index in [4.69, 9.17) is 14.3 Å². The minimum absolute atomic E-state index is 0.244. The number of aryl methyl sites for hydroxylation is 1. The Morgan fingerprint density at radius 2 is 1.56 bits per heavy atom. The number of carbonyl (C=O) groups excluding carboxylic acids is 4. The van der Waals surface area contributed by atoms with Gasteiger partial charge in [-0.2, -0.15) is 0 Å². The first kappa shape index (κ1) is 31.9. The molecule has 1 aliphatic carbocycles. The lowest BCUT2D eigenvalue weighted by Gasteiger charge is -2.37. The lowest BCUT2D eigenvalue weighted by Crippen LogP contribution is -2.54. The fraction of sp³-hybridized carbons (Fsp3) is 0.562. The van der Waals surface area contributed by atoms with Crippen molar-refractivity contribution in [2.75, 3.05) is 13.2 Å². The van der Waals surface area contributed by atoms with Crippen molar-refractivity contribution in [3.8, 4) is 11.8 Å². The van der Waals surface area contributed by atoms with Gasteiger partial charge in [-0.05, 0) is 70.3 Å². The molecule has 234 valence electrons. The van der Waals surface area contributed by atoms with Crippen molar-refractivity contribution >= 4 is 23.8 Å². The van der Waals surface area contributed by atoms with Gasteiger partial charge in [-0.3, -0.25) is 14.4 Å².